The molecule has 1 aliphatic rings. The van der Waals surface area contributed by atoms with Gasteiger partial charge in [-0.25, -0.2) is 4.79 Å². The van der Waals surface area contributed by atoms with E-state index in [1.807, 2.05) is 55.5 Å². The van der Waals surface area contributed by atoms with Gasteiger partial charge in [-0.15, -0.1) is 0 Å². The van der Waals surface area contributed by atoms with Gasteiger partial charge in [0.15, 0.2) is 11.5 Å². The topological polar surface area (TPSA) is 136 Å². The summed E-state index contributed by atoms with van der Waals surface area (Å²) in [7, 11) is 3.17. The molecule has 0 unspecified atom stereocenters. The first-order chi connectivity index (χ1) is 21.3. The van der Waals surface area contributed by atoms with E-state index in [2.05, 4.69) is 10.6 Å². The number of hydrogen-bond acceptors (Lipinski definition) is 7. The van der Waals surface area contributed by atoms with E-state index in [0.717, 1.165) is 17.5 Å². The van der Waals surface area contributed by atoms with Crippen molar-refractivity contribution in [1.82, 2.24) is 15.5 Å². The van der Waals surface area contributed by atoms with E-state index >= 15 is 0 Å². The van der Waals surface area contributed by atoms with E-state index in [1.165, 1.54) is 0 Å². The normalized spacial score (nSPS) is 13.0. The molecule has 3 aromatic carbocycles. The minimum Gasteiger partial charge on any atom is -0.497 e. The number of fused-ring (bicyclic) bond motifs is 1. The van der Waals surface area contributed by atoms with Crippen LogP contribution in [0.2, 0.25) is 0 Å². The summed E-state index contributed by atoms with van der Waals surface area (Å²) in [6.45, 7) is 2.63. The van der Waals surface area contributed by atoms with Crippen LogP contribution in [0.1, 0.15) is 55.3 Å². The monoisotopic (exact) mass is 605 g/mol. The fourth-order valence-electron chi connectivity index (χ4n) is 5.00. The number of carbonyl (C=O) groups is 3. The Balaban J connectivity index is 1.56. The predicted octanol–water partition coefficient (Wildman–Crippen LogP) is 5.04. The summed E-state index contributed by atoms with van der Waals surface area (Å²) in [5, 5.41) is 15.1. The molecule has 0 spiro atoms. The first kappa shape index (κ1) is 32.0. The number of nitrogens with one attached hydrogen (secondary N) is 2. The molecule has 0 aromatic heterocycles. The Morgan fingerprint density at radius 3 is 2.11 bits per heavy atom. The van der Waals surface area contributed by atoms with Gasteiger partial charge >= 0.3 is 12.0 Å². The van der Waals surface area contributed by atoms with Gasteiger partial charge in [-0.05, 0) is 59.5 Å². The Kier molecular flexibility index (Phi) is 11.3. The standard InChI is InChI=1S/C33H39N3O8/c1-4-5-12-27(34-33(40)35-28(18-31(37)38)24-13-14-29-30(17-24)44-21-43-29)32(39)36(19-22-8-6-10-25(15-22)41-2)20-23-9-7-11-26(16-23)42-3/h6-11,13-17,27-28H,4-5,12,18-21H2,1-3H3,(H,37,38)(H2,34,35,40)/t27-,28-/m0/s1. The van der Waals surface area contributed by atoms with Crippen LogP contribution in [0.5, 0.6) is 23.0 Å². The second-order valence-corrected chi connectivity index (χ2v) is 10.5. The van der Waals surface area contributed by atoms with E-state index in [0.29, 0.717) is 41.4 Å². The van der Waals surface area contributed by atoms with Gasteiger partial charge in [-0.2, -0.15) is 0 Å². The Morgan fingerprint density at radius 1 is 0.886 bits per heavy atom. The lowest BCUT2D eigenvalue weighted by Crippen LogP contribution is -2.51. The summed E-state index contributed by atoms with van der Waals surface area (Å²) < 4.78 is 21.5. The van der Waals surface area contributed by atoms with E-state index < -0.39 is 24.1 Å². The summed E-state index contributed by atoms with van der Waals surface area (Å²) in [5.74, 6) is 1.01. The molecule has 0 aliphatic carbocycles. The van der Waals surface area contributed by atoms with Crippen LogP contribution in [0, 0.1) is 0 Å². The zero-order chi connectivity index (χ0) is 31.5. The predicted molar refractivity (Wildman–Crippen MR) is 163 cm³/mol. The summed E-state index contributed by atoms with van der Waals surface area (Å²) in [5.41, 5.74) is 2.27. The summed E-state index contributed by atoms with van der Waals surface area (Å²) in [6, 6.07) is 17.6. The van der Waals surface area contributed by atoms with E-state index in [1.54, 1.807) is 37.3 Å². The first-order valence-corrected chi connectivity index (χ1v) is 14.5. The lowest BCUT2D eigenvalue weighted by molar-refractivity contribution is -0.137. The maximum Gasteiger partial charge on any atom is 0.315 e. The molecule has 2 atom stereocenters. The number of hydrogen-bond donors (Lipinski definition) is 3. The molecule has 3 N–H and O–H groups in total. The van der Waals surface area contributed by atoms with Gasteiger partial charge in [-0.1, -0.05) is 50.1 Å². The SMILES string of the molecule is CCCC[C@H](NC(=O)N[C@@H](CC(=O)O)c1ccc2c(c1)OCO2)C(=O)N(Cc1cccc(OC)c1)Cc1cccc(OC)c1. The van der Waals surface area contributed by atoms with Crippen LogP contribution < -0.4 is 29.6 Å². The number of rotatable bonds is 15. The molecule has 0 radical (unpaired) electrons. The molecule has 1 heterocycles. The van der Waals surface area contributed by atoms with E-state index in [-0.39, 0.29) is 32.2 Å². The number of carboxylic acid groups (broad SMARTS) is 1. The minimum atomic E-state index is -1.09. The molecule has 11 nitrogen and oxygen atoms in total. The lowest BCUT2D eigenvalue weighted by Gasteiger charge is -2.29. The highest BCUT2D eigenvalue weighted by Crippen LogP contribution is 2.35. The molecule has 234 valence electrons. The molecule has 1 aliphatic heterocycles. The quantitative estimate of drug-likeness (QED) is 0.219. The maximum atomic E-state index is 14.2. The number of ether oxygens (including phenoxy) is 4. The molecule has 0 fully saturated rings. The molecule has 3 aromatic rings. The third kappa shape index (κ3) is 8.79. The summed E-state index contributed by atoms with van der Waals surface area (Å²) in [4.78, 5) is 40.9. The third-order valence-electron chi connectivity index (χ3n) is 7.26. The van der Waals surface area contributed by atoms with Gasteiger partial charge < -0.3 is 39.6 Å². The minimum absolute atomic E-state index is 0.0690. The van der Waals surface area contributed by atoms with Crippen molar-refractivity contribution >= 4 is 17.9 Å². The number of carboxylic acids is 1. The summed E-state index contributed by atoms with van der Waals surface area (Å²) >= 11 is 0. The molecular weight excluding hydrogens is 566 g/mol. The van der Waals surface area contributed by atoms with Crippen LogP contribution >= 0.6 is 0 Å². The third-order valence-corrected chi connectivity index (χ3v) is 7.26. The fraction of sp³-hybridized carbons (Fsp3) is 0.364. The van der Waals surface area contributed by atoms with Gasteiger partial charge in [0.05, 0.1) is 26.7 Å². The molecule has 4 rings (SSSR count). The van der Waals surface area contributed by atoms with Crippen molar-refractivity contribution in [3.63, 3.8) is 0 Å². The lowest BCUT2D eigenvalue weighted by atomic mass is 10.0. The Morgan fingerprint density at radius 2 is 1.52 bits per heavy atom. The Labute approximate surface area is 257 Å². The van der Waals surface area contributed by atoms with Gasteiger partial charge in [0.25, 0.3) is 0 Å². The van der Waals surface area contributed by atoms with Crippen molar-refractivity contribution in [3.8, 4) is 23.0 Å². The average molecular weight is 606 g/mol. The van der Waals surface area contributed by atoms with Crippen LogP contribution in [0.15, 0.2) is 66.7 Å². The van der Waals surface area contributed by atoms with Crippen molar-refractivity contribution in [3.05, 3.63) is 83.4 Å². The van der Waals surface area contributed by atoms with Gasteiger partial charge in [0.1, 0.15) is 17.5 Å². The van der Waals surface area contributed by atoms with Crippen LogP contribution in [0.3, 0.4) is 0 Å². The number of aliphatic carboxylic acids is 1. The highest BCUT2D eigenvalue weighted by molar-refractivity contribution is 5.87. The molecule has 0 bridgehead atoms. The largest absolute Gasteiger partial charge is 0.497 e. The smallest absolute Gasteiger partial charge is 0.315 e. The van der Waals surface area contributed by atoms with Crippen molar-refractivity contribution in [2.45, 2.75) is 57.8 Å². The summed E-state index contributed by atoms with van der Waals surface area (Å²) in [6.07, 6.45) is 1.56. The maximum absolute atomic E-state index is 14.2. The number of nitrogens with zero attached hydrogens (tertiary/aromatic N) is 1. The van der Waals surface area contributed by atoms with Crippen LogP contribution in [-0.2, 0) is 22.7 Å². The van der Waals surface area contributed by atoms with E-state index in [4.69, 9.17) is 18.9 Å². The number of benzene rings is 3. The van der Waals surface area contributed by atoms with Crippen molar-refractivity contribution < 1.29 is 38.4 Å². The number of methoxy groups -OCH3 is 2. The van der Waals surface area contributed by atoms with Crippen LogP contribution in [0.4, 0.5) is 4.79 Å². The molecular formula is C33H39N3O8. The molecule has 0 saturated carbocycles. The highest BCUT2D eigenvalue weighted by Gasteiger charge is 2.28. The molecule has 3 amide bonds. The van der Waals surface area contributed by atoms with Crippen LogP contribution in [0.25, 0.3) is 0 Å². The number of urea groups is 1. The second kappa shape index (κ2) is 15.5. The van der Waals surface area contributed by atoms with Crippen molar-refractivity contribution in [1.29, 1.82) is 0 Å². The van der Waals surface area contributed by atoms with Gasteiger partial charge in [0, 0.05) is 13.1 Å². The fourth-order valence-corrected chi connectivity index (χ4v) is 5.00. The molecule has 0 saturated heterocycles. The van der Waals surface area contributed by atoms with Gasteiger partial charge in [-0.3, -0.25) is 9.59 Å². The van der Waals surface area contributed by atoms with E-state index in [9.17, 15) is 19.5 Å². The number of carbonyl (C=O) groups excluding carboxylic acids is 2. The molecule has 11 heteroatoms. The average Bonchev–Trinajstić information content (AvgIpc) is 3.50. The highest BCUT2D eigenvalue weighted by atomic mass is 16.7. The van der Waals surface area contributed by atoms with Crippen LogP contribution in [-0.4, -0.2) is 55.0 Å². The van der Waals surface area contributed by atoms with Gasteiger partial charge in [0.2, 0.25) is 12.7 Å². The first-order valence-electron chi connectivity index (χ1n) is 14.5. The second-order valence-electron chi connectivity index (χ2n) is 10.5. The van der Waals surface area contributed by atoms with Crippen molar-refractivity contribution in [2.75, 3.05) is 21.0 Å². The number of amides is 3. The zero-order valence-corrected chi connectivity index (χ0v) is 25.2. The Hall–Kier alpha value is -4.93. The molecule has 44 heavy (non-hydrogen) atoms. The zero-order valence-electron chi connectivity index (χ0n) is 25.2. The van der Waals surface area contributed by atoms with Crippen molar-refractivity contribution in [2.24, 2.45) is 0 Å². The number of unbranched alkanes of at least 4 members (excludes halogenated alkanes) is 1. The Bertz CT molecular complexity index is 1400.